The molecule has 0 aromatic rings. The van der Waals surface area contributed by atoms with Crippen LogP contribution in [0.5, 0.6) is 0 Å². The SMILES string of the molecule is C=CCCC[C@H]1C=CC(=O)O1. The molecule has 0 N–H and O–H groups in total. The van der Waals surface area contributed by atoms with E-state index in [-0.39, 0.29) is 12.1 Å². The number of allylic oxidation sites excluding steroid dienone is 1. The molecule has 0 spiro atoms. The van der Waals surface area contributed by atoms with Crippen LogP contribution in [0.1, 0.15) is 19.3 Å². The standard InChI is InChI=1S/C9H12O2/c1-2-3-4-5-8-6-7-9(10)11-8/h2,6-8H,1,3-5H2/t8-/m0/s1. The molecule has 0 bridgehead atoms. The number of rotatable bonds is 4. The Labute approximate surface area is 66.5 Å². The molecule has 0 unspecified atom stereocenters. The molecule has 0 fully saturated rings. The first-order valence-electron chi connectivity index (χ1n) is 3.82. The average molecular weight is 152 g/mol. The predicted molar refractivity (Wildman–Crippen MR) is 43.1 cm³/mol. The second kappa shape index (κ2) is 3.96. The maximum absolute atomic E-state index is 10.6. The maximum Gasteiger partial charge on any atom is 0.331 e. The molecule has 1 heterocycles. The van der Waals surface area contributed by atoms with Crippen LogP contribution in [0.3, 0.4) is 0 Å². The summed E-state index contributed by atoms with van der Waals surface area (Å²) in [5.41, 5.74) is 0. The first kappa shape index (κ1) is 8.05. The van der Waals surface area contributed by atoms with Gasteiger partial charge in [0.2, 0.25) is 0 Å². The molecule has 0 aliphatic carbocycles. The van der Waals surface area contributed by atoms with Gasteiger partial charge >= 0.3 is 5.97 Å². The number of unbranched alkanes of at least 4 members (excludes halogenated alkanes) is 1. The van der Waals surface area contributed by atoms with Crippen molar-refractivity contribution in [3.05, 3.63) is 24.8 Å². The minimum atomic E-state index is -0.214. The van der Waals surface area contributed by atoms with Crippen LogP contribution in [0.4, 0.5) is 0 Å². The van der Waals surface area contributed by atoms with Crippen LogP contribution in [0.2, 0.25) is 0 Å². The first-order chi connectivity index (χ1) is 5.33. The molecular formula is C9H12O2. The molecule has 11 heavy (non-hydrogen) atoms. The van der Waals surface area contributed by atoms with Crippen molar-refractivity contribution in [2.45, 2.75) is 25.4 Å². The summed E-state index contributed by atoms with van der Waals surface area (Å²) < 4.78 is 4.92. The molecular weight excluding hydrogens is 140 g/mol. The predicted octanol–water partition coefficient (Wildman–Crippen LogP) is 1.82. The maximum atomic E-state index is 10.6. The molecule has 0 radical (unpaired) electrons. The van der Waals surface area contributed by atoms with Gasteiger partial charge in [0, 0.05) is 6.08 Å². The largest absolute Gasteiger partial charge is 0.455 e. The van der Waals surface area contributed by atoms with Crippen molar-refractivity contribution in [1.82, 2.24) is 0 Å². The highest BCUT2D eigenvalue weighted by Gasteiger charge is 2.14. The Morgan fingerprint density at radius 2 is 2.55 bits per heavy atom. The molecule has 0 amide bonds. The van der Waals surface area contributed by atoms with Crippen LogP contribution in [0.15, 0.2) is 24.8 Å². The smallest absolute Gasteiger partial charge is 0.331 e. The first-order valence-corrected chi connectivity index (χ1v) is 3.82. The van der Waals surface area contributed by atoms with E-state index in [1.807, 2.05) is 12.2 Å². The van der Waals surface area contributed by atoms with Crippen LogP contribution in [0.25, 0.3) is 0 Å². The van der Waals surface area contributed by atoms with E-state index in [9.17, 15) is 4.79 Å². The minimum absolute atomic E-state index is 0.0162. The number of ether oxygens (including phenoxy) is 1. The van der Waals surface area contributed by atoms with E-state index in [1.165, 1.54) is 6.08 Å². The van der Waals surface area contributed by atoms with E-state index in [4.69, 9.17) is 4.74 Å². The van der Waals surface area contributed by atoms with E-state index >= 15 is 0 Å². The minimum Gasteiger partial charge on any atom is -0.455 e. The number of cyclic esters (lactones) is 1. The lowest BCUT2D eigenvalue weighted by Gasteiger charge is -2.05. The Balaban J connectivity index is 2.14. The Morgan fingerprint density at radius 3 is 3.09 bits per heavy atom. The second-order valence-corrected chi connectivity index (χ2v) is 2.55. The zero-order valence-electron chi connectivity index (χ0n) is 6.45. The molecule has 0 aromatic carbocycles. The second-order valence-electron chi connectivity index (χ2n) is 2.55. The van der Waals surface area contributed by atoms with E-state index in [0.717, 1.165) is 19.3 Å². The third-order valence-electron chi connectivity index (χ3n) is 1.61. The van der Waals surface area contributed by atoms with E-state index in [2.05, 4.69) is 6.58 Å². The summed E-state index contributed by atoms with van der Waals surface area (Å²) in [5, 5.41) is 0. The lowest BCUT2D eigenvalue weighted by molar-refractivity contribution is -0.138. The number of carbonyl (C=O) groups is 1. The van der Waals surface area contributed by atoms with Crippen molar-refractivity contribution in [3.63, 3.8) is 0 Å². The van der Waals surface area contributed by atoms with Crippen molar-refractivity contribution in [2.24, 2.45) is 0 Å². The zero-order chi connectivity index (χ0) is 8.10. The topological polar surface area (TPSA) is 26.3 Å². The number of carbonyl (C=O) groups excluding carboxylic acids is 1. The van der Waals surface area contributed by atoms with Crippen molar-refractivity contribution in [1.29, 1.82) is 0 Å². The van der Waals surface area contributed by atoms with Gasteiger partial charge in [0.05, 0.1) is 0 Å². The van der Waals surface area contributed by atoms with Crippen LogP contribution in [-0.4, -0.2) is 12.1 Å². The molecule has 1 atom stereocenters. The lowest BCUT2D eigenvalue weighted by Crippen LogP contribution is -2.06. The van der Waals surface area contributed by atoms with Crippen molar-refractivity contribution in [3.8, 4) is 0 Å². The molecule has 1 aliphatic rings. The molecule has 2 heteroatoms. The van der Waals surface area contributed by atoms with Gasteiger partial charge < -0.3 is 4.74 Å². The van der Waals surface area contributed by atoms with Crippen LogP contribution < -0.4 is 0 Å². The third kappa shape index (κ3) is 2.58. The van der Waals surface area contributed by atoms with Gasteiger partial charge in [-0.2, -0.15) is 0 Å². The van der Waals surface area contributed by atoms with Crippen LogP contribution in [-0.2, 0) is 9.53 Å². The van der Waals surface area contributed by atoms with Gasteiger partial charge in [-0.15, -0.1) is 6.58 Å². The summed E-state index contributed by atoms with van der Waals surface area (Å²) >= 11 is 0. The number of hydrogen-bond donors (Lipinski definition) is 0. The van der Waals surface area contributed by atoms with Crippen molar-refractivity contribution >= 4 is 5.97 Å². The Kier molecular flexibility index (Phi) is 2.90. The van der Waals surface area contributed by atoms with Gasteiger partial charge in [0.1, 0.15) is 6.10 Å². The lowest BCUT2D eigenvalue weighted by atomic mass is 10.1. The highest BCUT2D eigenvalue weighted by atomic mass is 16.5. The summed E-state index contributed by atoms with van der Waals surface area (Å²) in [5.74, 6) is -0.214. The fourth-order valence-corrected chi connectivity index (χ4v) is 1.03. The molecule has 60 valence electrons. The fraction of sp³-hybridized carbons (Fsp3) is 0.444. The van der Waals surface area contributed by atoms with Crippen molar-refractivity contribution in [2.75, 3.05) is 0 Å². The molecule has 2 nitrogen and oxygen atoms in total. The molecule has 1 rings (SSSR count). The van der Waals surface area contributed by atoms with Crippen LogP contribution >= 0.6 is 0 Å². The van der Waals surface area contributed by atoms with Gasteiger partial charge in [0.25, 0.3) is 0 Å². The normalized spacial score (nSPS) is 21.8. The van der Waals surface area contributed by atoms with E-state index < -0.39 is 0 Å². The molecule has 1 aliphatic heterocycles. The van der Waals surface area contributed by atoms with Crippen LogP contribution in [0, 0.1) is 0 Å². The Hall–Kier alpha value is -1.05. The summed E-state index contributed by atoms with van der Waals surface area (Å²) in [6.07, 6.45) is 8.12. The molecule has 0 saturated heterocycles. The number of esters is 1. The summed E-state index contributed by atoms with van der Waals surface area (Å²) in [7, 11) is 0. The van der Waals surface area contributed by atoms with Gasteiger partial charge in [0.15, 0.2) is 0 Å². The van der Waals surface area contributed by atoms with Gasteiger partial charge in [-0.25, -0.2) is 4.79 Å². The third-order valence-corrected chi connectivity index (χ3v) is 1.61. The van der Waals surface area contributed by atoms with Gasteiger partial charge in [-0.05, 0) is 25.3 Å². The molecule has 0 saturated carbocycles. The zero-order valence-corrected chi connectivity index (χ0v) is 6.45. The quantitative estimate of drug-likeness (QED) is 0.349. The van der Waals surface area contributed by atoms with Gasteiger partial charge in [-0.3, -0.25) is 0 Å². The Morgan fingerprint density at radius 1 is 1.73 bits per heavy atom. The highest BCUT2D eigenvalue weighted by Crippen LogP contribution is 2.12. The molecule has 0 aromatic heterocycles. The van der Waals surface area contributed by atoms with Crippen molar-refractivity contribution < 1.29 is 9.53 Å². The summed E-state index contributed by atoms with van der Waals surface area (Å²) in [6.45, 7) is 3.61. The monoisotopic (exact) mass is 152 g/mol. The Bertz CT molecular complexity index is 182. The van der Waals surface area contributed by atoms with E-state index in [0.29, 0.717) is 0 Å². The number of hydrogen-bond acceptors (Lipinski definition) is 2. The average Bonchev–Trinajstić information content (AvgIpc) is 2.37. The van der Waals surface area contributed by atoms with E-state index in [1.54, 1.807) is 0 Å². The summed E-state index contributed by atoms with van der Waals surface area (Å²) in [6, 6.07) is 0. The summed E-state index contributed by atoms with van der Waals surface area (Å²) in [4.78, 5) is 10.6. The fourth-order valence-electron chi connectivity index (χ4n) is 1.03. The van der Waals surface area contributed by atoms with Gasteiger partial charge in [-0.1, -0.05) is 6.08 Å². The highest BCUT2D eigenvalue weighted by molar-refractivity contribution is 5.84.